The van der Waals surface area contributed by atoms with Gasteiger partial charge in [-0.1, -0.05) is 13.0 Å². The second-order valence-corrected chi connectivity index (χ2v) is 5.80. The van der Waals surface area contributed by atoms with Crippen LogP contribution in [0.2, 0.25) is 0 Å². The number of hydrogen-bond acceptors (Lipinski definition) is 4. The van der Waals surface area contributed by atoms with Gasteiger partial charge in [-0.25, -0.2) is 0 Å². The smallest absolute Gasteiger partial charge is 0.268 e. The van der Waals surface area contributed by atoms with Crippen LogP contribution in [0.25, 0.3) is 6.08 Å². The lowest BCUT2D eigenvalue weighted by molar-refractivity contribution is -0.124. The van der Waals surface area contributed by atoms with Gasteiger partial charge in [0.15, 0.2) is 0 Å². The number of thiophene rings is 1. The fourth-order valence-corrected chi connectivity index (χ4v) is 3.20. The molecule has 0 aliphatic carbocycles. The van der Waals surface area contributed by atoms with Crippen molar-refractivity contribution in [2.75, 3.05) is 0 Å². The molecular weight excluding hydrogens is 254 g/mol. The Labute approximate surface area is 109 Å². The van der Waals surface area contributed by atoms with Gasteiger partial charge in [-0.2, -0.15) is 0 Å². The zero-order valence-corrected chi connectivity index (χ0v) is 11.3. The van der Waals surface area contributed by atoms with E-state index < -0.39 is 0 Å². The Morgan fingerprint density at radius 1 is 1.47 bits per heavy atom. The van der Waals surface area contributed by atoms with Crippen molar-refractivity contribution in [3.8, 4) is 0 Å². The van der Waals surface area contributed by atoms with E-state index in [9.17, 15) is 9.59 Å². The quantitative estimate of drug-likeness (QED) is 0.785. The summed E-state index contributed by atoms with van der Waals surface area (Å²) in [5.74, 6) is -0.164. The van der Waals surface area contributed by atoms with Crippen LogP contribution in [0.5, 0.6) is 0 Å². The standard InChI is InChI=1S/C12H13NO2S2/c1-3-8(2)13-11(14)10(17-12(13)15)7-9-5-4-6-16-9/h4-8H,3H2,1-2H3/b10-7+. The first-order valence-electron chi connectivity index (χ1n) is 5.44. The van der Waals surface area contributed by atoms with Crippen LogP contribution in [0.1, 0.15) is 25.1 Å². The predicted molar refractivity (Wildman–Crippen MR) is 71.9 cm³/mol. The lowest BCUT2D eigenvalue weighted by Crippen LogP contribution is -2.36. The minimum atomic E-state index is -0.164. The Bertz CT molecular complexity index is 465. The number of amides is 2. The summed E-state index contributed by atoms with van der Waals surface area (Å²) in [6.45, 7) is 3.86. The van der Waals surface area contributed by atoms with Gasteiger partial charge < -0.3 is 0 Å². The molecule has 0 bridgehead atoms. The average molecular weight is 267 g/mol. The van der Waals surface area contributed by atoms with E-state index >= 15 is 0 Å². The maximum Gasteiger partial charge on any atom is 0.293 e. The van der Waals surface area contributed by atoms with Crippen molar-refractivity contribution < 1.29 is 9.59 Å². The van der Waals surface area contributed by atoms with Gasteiger partial charge in [0.25, 0.3) is 11.1 Å². The Morgan fingerprint density at radius 2 is 2.24 bits per heavy atom. The normalized spacial score (nSPS) is 20.4. The molecule has 2 heterocycles. The van der Waals surface area contributed by atoms with Crippen molar-refractivity contribution in [3.05, 3.63) is 27.3 Å². The van der Waals surface area contributed by atoms with Crippen LogP contribution < -0.4 is 0 Å². The molecule has 1 aromatic heterocycles. The van der Waals surface area contributed by atoms with Gasteiger partial charge in [-0.3, -0.25) is 14.5 Å². The predicted octanol–water partition coefficient (Wildman–Crippen LogP) is 3.58. The molecule has 0 spiro atoms. The van der Waals surface area contributed by atoms with Gasteiger partial charge in [-0.15, -0.1) is 11.3 Å². The summed E-state index contributed by atoms with van der Waals surface area (Å²) >= 11 is 2.59. The highest BCUT2D eigenvalue weighted by molar-refractivity contribution is 8.18. The maximum absolute atomic E-state index is 12.1. The molecule has 1 aliphatic heterocycles. The van der Waals surface area contributed by atoms with Gasteiger partial charge in [-0.05, 0) is 42.6 Å². The second kappa shape index (κ2) is 5.06. The molecule has 1 saturated heterocycles. The molecule has 2 amide bonds. The molecule has 1 fully saturated rings. The summed E-state index contributed by atoms with van der Waals surface area (Å²) in [4.78, 5) is 26.7. The fraction of sp³-hybridized carbons (Fsp3) is 0.333. The number of thioether (sulfide) groups is 1. The number of rotatable bonds is 3. The molecule has 17 heavy (non-hydrogen) atoms. The topological polar surface area (TPSA) is 37.4 Å². The molecule has 1 aliphatic rings. The van der Waals surface area contributed by atoms with E-state index in [1.54, 1.807) is 17.4 Å². The Kier molecular flexibility index (Phi) is 3.69. The number of carbonyl (C=O) groups is 2. The van der Waals surface area contributed by atoms with Gasteiger partial charge in [0.05, 0.1) is 4.91 Å². The SMILES string of the molecule is CCC(C)N1C(=O)S/C(=C/c2cccs2)C1=O. The first-order chi connectivity index (χ1) is 8.13. The Hall–Kier alpha value is -1.07. The minimum absolute atomic E-state index is 0.0308. The molecular formula is C12H13NO2S2. The van der Waals surface area contributed by atoms with Crippen LogP contribution in [-0.4, -0.2) is 22.1 Å². The Balaban J connectivity index is 2.24. The number of hydrogen-bond donors (Lipinski definition) is 0. The molecule has 0 N–H and O–H groups in total. The zero-order chi connectivity index (χ0) is 12.4. The summed E-state index contributed by atoms with van der Waals surface area (Å²) < 4.78 is 0. The van der Waals surface area contributed by atoms with Gasteiger partial charge in [0, 0.05) is 10.9 Å². The van der Waals surface area contributed by atoms with Crippen molar-refractivity contribution >= 4 is 40.3 Å². The monoisotopic (exact) mass is 267 g/mol. The third-order valence-electron chi connectivity index (χ3n) is 2.67. The van der Waals surface area contributed by atoms with E-state index in [4.69, 9.17) is 0 Å². The summed E-state index contributed by atoms with van der Waals surface area (Å²) in [6.07, 6.45) is 2.57. The van der Waals surface area contributed by atoms with Crippen molar-refractivity contribution in [1.82, 2.24) is 4.90 Å². The molecule has 0 aromatic carbocycles. The van der Waals surface area contributed by atoms with Crippen LogP contribution in [-0.2, 0) is 4.79 Å². The molecule has 2 rings (SSSR count). The lowest BCUT2D eigenvalue weighted by Gasteiger charge is -2.19. The van der Waals surface area contributed by atoms with Crippen molar-refractivity contribution in [2.45, 2.75) is 26.3 Å². The highest BCUT2D eigenvalue weighted by Gasteiger charge is 2.37. The van der Waals surface area contributed by atoms with Gasteiger partial charge in [0.1, 0.15) is 0 Å². The summed E-state index contributed by atoms with van der Waals surface area (Å²) in [5.41, 5.74) is 0. The lowest BCUT2D eigenvalue weighted by atomic mass is 10.2. The van der Waals surface area contributed by atoms with E-state index in [-0.39, 0.29) is 17.2 Å². The largest absolute Gasteiger partial charge is 0.293 e. The maximum atomic E-state index is 12.1. The molecule has 1 aromatic rings. The van der Waals surface area contributed by atoms with Crippen LogP contribution >= 0.6 is 23.1 Å². The first-order valence-corrected chi connectivity index (χ1v) is 7.13. The van der Waals surface area contributed by atoms with Crippen LogP contribution in [0.15, 0.2) is 22.4 Å². The summed E-state index contributed by atoms with van der Waals surface area (Å²) in [5, 5.41) is 1.79. The van der Waals surface area contributed by atoms with Crippen LogP contribution in [0.4, 0.5) is 4.79 Å². The summed E-state index contributed by atoms with van der Waals surface area (Å²) in [7, 11) is 0. The van der Waals surface area contributed by atoms with E-state index in [0.29, 0.717) is 4.91 Å². The molecule has 1 atom stereocenters. The molecule has 3 nitrogen and oxygen atoms in total. The minimum Gasteiger partial charge on any atom is -0.268 e. The Morgan fingerprint density at radius 3 is 2.82 bits per heavy atom. The fourth-order valence-electron chi connectivity index (χ4n) is 1.55. The molecule has 0 saturated carbocycles. The summed E-state index contributed by atoms with van der Waals surface area (Å²) in [6, 6.07) is 3.83. The van der Waals surface area contributed by atoms with Crippen molar-refractivity contribution in [3.63, 3.8) is 0 Å². The van der Waals surface area contributed by atoms with Gasteiger partial charge in [0.2, 0.25) is 0 Å². The second-order valence-electron chi connectivity index (χ2n) is 3.82. The van der Waals surface area contributed by atoms with Gasteiger partial charge >= 0.3 is 0 Å². The van der Waals surface area contributed by atoms with Crippen LogP contribution in [0, 0.1) is 0 Å². The molecule has 1 unspecified atom stereocenters. The van der Waals surface area contributed by atoms with Crippen molar-refractivity contribution in [2.24, 2.45) is 0 Å². The third-order valence-corrected chi connectivity index (χ3v) is 4.37. The molecule has 90 valence electrons. The number of nitrogens with zero attached hydrogens (tertiary/aromatic N) is 1. The zero-order valence-electron chi connectivity index (χ0n) is 9.67. The van der Waals surface area contributed by atoms with E-state index in [1.165, 1.54) is 4.90 Å². The van der Waals surface area contributed by atoms with Crippen molar-refractivity contribution in [1.29, 1.82) is 0 Å². The number of imide groups is 1. The highest BCUT2D eigenvalue weighted by Crippen LogP contribution is 2.34. The van der Waals surface area contributed by atoms with E-state index in [0.717, 1.165) is 23.1 Å². The van der Waals surface area contributed by atoms with E-state index in [1.807, 2.05) is 31.4 Å². The average Bonchev–Trinajstić information content (AvgIpc) is 2.89. The number of carbonyl (C=O) groups excluding carboxylic acids is 2. The highest BCUT2D eigenvalue weighted by atomic mass is 32.2. The van der Waals surface area contributed by atoms with E-state index in [2.05, 4.69) is 0 Å². The first kappa shape index (κ1) is 12.4. The molecule has 5 heteroatoms. The molecule has 0 radical (unpaired) electrons. The third kappa shape index (κ3) is 2.45. The van der Waals surface area contributed by atoms with Crippen LogP contribution in [0.3, 0.4) is 0 Å².